The van der Waals surface area contributed by atoms with E-state index in [0.717, 1.165) is 43.9 Å². The van der Waals surface area contributed by atoms with E-state index in [1.165, 1.54) is 71.6 Å². The Kier molecular flexibility index (Phi) is 17.8. The lowest BCUT2D eigenvalue weighted by molar-refractivity contribution is -0.211. The molecule has 0 unspecified atom stereocenters. The normalized spacial score (nSPS) is 28.5. The molecule has 8 aliphatic rings. The topological polar surface area (TPSA) is 136 Å². The van der Waals surface area contributed by atoms with Gasteiger partial charge in [0.15, 0.2) is 14.7 Å². The number of benzene rings is 3. The molecule has 3 aromatic carbocycles. The van der Waals surface area contributed by atoms with Crippen LogP contribution in [-0.2, 0) is 49.6 Å². The fourth-order valence-electron chi connectivity index (χ4n) is 12.2. The molecule has 11 heteroatoms. The van der Waals surface area contributed by atoms with E-state index in [1.807, 2.05) is 41.5 Å². The van der Waals surface area contributed by atoms with Crippen LogP contribution in [-0.4, -0.2) is 55.4 Å². The van der Waals surface area contributed by atoms with Crippen LogP contribution in [0.4, 0.5) is 0 Å². The lowest BCUT2D eigenvalue weighted by atomic mass is 9.49. The zero-order chi connectivity index (χ0) is 49.5. The first kappa shape index (κ1) is 53.7. The average Bonchev–Trinajstić information content (AvgIpc) is 3.29. The van der Waals surface area contributed by atoms with E-state index in [-0.39, 0.29) is 57.3 Å². The van der Waals surface area contributed by atoms with Crippen molar-refractivity contribution in [3.63, 3.8) is 0 Å². The maximum absolute atomic E-state index is 12.5. The Morgan fingerprint density at radius 1 is 0.618 bits per heavy atom. The van der Waals surface area contributed by atoms with Crippen LogP contribution < -0.4 is 0 Å². The van der Waals surface area contributed by atoms with Gasteiger partial charge in [-0.25, -0.2) is 8.42 Å². The molecule has 0 spiro atoms. The highest BCUT2D eigenvalue weighted by atomic mass is 32.2. The van der Waals surface area contributed by atoms with Gasteiger partial charge in [-0.05, 0) is 210 Å². The molecule has 0 atom stereocenters. The van der Waals surface area contributed by atoms with Crippen molar-refractivity contribution in [3.8, 4) is 0 Å². The molecular weight excluding hydrogens is 893 g/mol. The lowest BCUT2D eigenvalue weighted by Gasteiger charge is -2.59. The highest BCUT2D eigenvalue weighted by Gasteiger charge is 2.58. The van der Waals surface area contributed by atoms with Crippen molar-refractivity contribution in [1.29, 1.82) is 0 Å². The van der Waals surface area contributed by atoms with Gasteiger partial charge in [-0.2, -0.15) is 0 Å². The monoisotopic (exact) mass is 973 g/mol. The van der Waals surface area contributed by atoms with Gasteiger partial charge in [0.2, 0.25) is 0 Å². The van der Waals surface area contributed by atoms with Crippen molar-refractivity contribution in [1.82, 2.24) is 0 Å². The number of esters is 3. The predicted octanol–water partition coefficient (Wildman–Crippen LogP) is 12.5. The Labute approximate surface area is 411 Å². The van der Waals surface area contributed by atoms with Gasteiger partial charge in [-0.1, -0.05) is 67.9 Å². The Morgan fingerprint density at radius 2 is 1.03 bits per heavy atom. The molecule has 9 nitrogen and oxygen atoms in total. The SMILES string of the molecule is CCC(C)(C)C(=O)OC1(C)C2CC3CC(C2)CC1C3.CCOC(=O)C(C)(C)CC.Cc1ccc([S+](c2ccccc2)c2ccccc2)cc1.O=C(OCCS(=O)(=O)[O-])C12CC3CC(CC(C3)C1)C2. The summed E-state index contributed by atoms with van der Waals surface area (Å²) in [5, 5.41) is 0. The molecule has 374 valence electrons. The summed E-state index contributed by atoms with van der Waals surface area (Å²) in [7, 11) is -4.33. The first-order valence-corrected chi connectivity index (χ1v) is 28.3. The summed E-state index contributed by atoms with van der Waals surface area (Å²) in [5.74, 6) is 4.05. The molecule has 3 aromatic rings. The molecule has 68 heavy (non-hydrogen) atoms. The van der Waals surface area contributed by atoms with E-state index in [2.05, 4.69) is 106 Å². The predicted molar refractivity (Wildman–Crippen MR) is 269 cm³/mol. The van der Waals surface area contributed by atoms with E-state index in [1.54, 1.807) is 0 Å². The molecule has 0 aliphatic heterocycles. The Hall–Kier alpha value is -3.67. The first-order chi connectivity index (χ1) is 32.1. The number of hydrogen-bond donors (Lipinski definition) is 0. The third kappa shape index (κ3) is 13.4. The van der Waals surface area contributed by atoms with Crippen molar-refractivity contribution in [2.75, 3.05) is 19.0 Å². The quantitative estimate of drug-likeness (QED) is 0.0709. The Morgan fingerprint density at radius 3 is 1.44 bits per heavy atom. The van der Waals surface area contributed by atoms with E-state index >= 15 is 0 Å². The minimum atomic E-state index is -4.30. The summed E-state index contributed by atoms with van der Waals surface area (Å²) in [4.78, 5) is 39.9. The largest absolute Gasteiger partial charge is 0.748 e. The van der Waals surface area contributed by atoms with Crippen molar-refractivity contribution in [2.45, 2.75) is 166 Å². The molecule has 8 fully saturated rings. The summed E-state index contributed by atoms with van der Waals surface area (Å²) in [6, 6.07) is 30.4. The highest BCUT2D eigenvalue weighted by molar-refractivity contribution is 7.97. The fraction of sp³-hybridized carbons (Fsp3) is 0.632. The van der Waals surface area contributed by atoms with Crippen LogP contribution in [0.15, 0.2) is 99.6 Å². The number of rotatable bonds is 13. The van der Waals surface area contributed by atoms with Crippen LogP contribution in [0.5, 0.6) is 0 Å². The van der Waals surface area contributed by atoms with Gasteiger partial charge in [0.25, 0.3) is 0 Å². The molecule has 0 saturated heterocycles. The van der Waals surface area contributed by atoms with Gasteiger partial charge in [0, 0.05) is 0 Å². The van der Waals surface area contributed by atoms with Crippen LogP contribution >= 0.6 is 0 Å². The number of hydrogen-bond acceptors (Lipinski definition) is 9. The summed E-state index contributed by atoms with van der Waals surface area (Å²) in [6.45, 7) is 18.2. The highest BCUT2D eigenvalue weighted by Crippen LogP contribution is 2.61. The summed E-state index contributed by atoms with van der Waals surface area (Å²) >= 11 is 0. The first-order valence-electron chi connectivity index (χ1n) is 25.5. The van der Waals surface area contributed by atoms with Crippen molar-refractivity contribution in [2.24, 2.45) is 57.7 Å². The standard InChI is InChI=1S/C19H17S.C17H28O2.C13H20O5S.C8H16O2/c1-16-12-14-19(15-13-16)20(17-8-4-2-5-9-17)18-10-6-3-7-11-18;1-5-16(2,3)15(18)19-17(4)13-7-11-6-12(9-13)10-14(17)8-11;14-12(18-1-2-19(15,16)17)13-6-9-3-10(7-13)5-11(4-9)8-13;1-5-8(3,4)7(9)10-6-2/h2-15H,1H3;11-14H,5-10H2,1-4H3;9-11H,1-8H2,(H,15,16,17);5-6H2,1-4H3/q+1;;;/p-1. The number of ether oxygens (including phenoxy) is 3. The van der Waals surface area contributed by atoms with Crippen molar-refractivity contribution in [3.05, 3.63) is 90.5 Å². The Balaban J connectivity index is 0.000000153. The zero-order valence-electron chi connectivity index (χ0n) is 42.4. The average molecular weight is 973 g/mol. The smallest absolute Gasteiger partial charge is 0.312 e. The van der Waals surface area contributed by atoms with E-state index < -0.39 is 15.9 Å². The van der Waals surface area contributed by atoms with E-state index in [9.17, 15) is 27.4 Å². The maximum Gasteiger partial charge on any atom is 0.312 e. The Bertz CT molecular complexity index is 2130. The van der Waals surface area contributed by atoms with Crippen LogP contribution in [0.2, 0.25) is 0 Å². The second-order valence-electron chi connectivity index (χ2n) is 22.4. The van der Waals surface area contributed by atoms with Crippen LogP contribution in [0, 0.1) is 64.6 Å². The van der Waals surface area contributed by atoms with Crippen LogP contribution in [0.3, 0.4) is 0 Å². The van der Waals surface area contributed by atoms with E-state index in [4.69, 9.17) is 14.2 Å². The molecule has 0 N–H and O–H groups in total. The van der Waals surface area contributed by atoms with Crippen molar-refractivity contribution >= 4 is 38.9 Å². The third-order valence-electron chi connectivity index (χ3n) is 16.5. The maximum atomic E-state index is 12.5. The number of carbonyl (C=O) groups is 3. The van der Waals surface area contributed by atoms with Gasteiger partial charge < -0.3 is 18.8 Å². The molecule has 0 radical (unpaired) electrons. The summed E-state index contributed by atoms with van der Waals surface area (Å²) in [6.07, 6.45) is 14.7. The molecule has 0 heterocycles. The van der Waals surface area contributed by atoms with Gasteiger partial charge >= 0.3 is 17.9 Å². The third-order valence-corrected chi connectivity index (χ3v) is 19.4. The minimum absolute atomic E-state index is 0.0185. The van der Waals surface area contributed by atoms with Gasteiger partial charge in [-0.3, -0.25) is 14.4 Å². The molecule has 0 aromatic heterocycles. The van der Waals surface area contributed by atoms with Crippen LogP contribution in [0.25, 0.3) is 0 Å². The second-order valence-corrected chi connectivity index (χ2v) is 26.0. The molecule has 8 bridgehead atoms. The molecular formula is C57H80O9S2. The van der Waals surface area contributed by atoms with E-state index in [0.29, 0.717) is 36.2 Å². The van der Waals surface area contributed by atoms with Gasteiger partial charge in [0.05, 0.1) is 49.6 Å². The zero-order valence-corrected chi connectivity index (χ0v) is 44.1. The van der Waals surface area contributed by atoms with Crippen LogP contribution in [0.1, 0.15) is 144 Å². The number of carbonyl (C=O) groups excluding carboxylic acids is 3. The van der Waals surface area contributed by atoms with Gasteiger partial charge in [-0.15, -0.1) is 0 Å². The number of aryl methyl sites for hydroxylation is 1. The molecule has 11 rings (SSSR count). The lowest BCUT2D eigenvalue weighted by Crippen LogP contribution is -2.58. The molecule has 0 amide bonds. The fourth-order valence-corrected chi connectivity index (χ4v) is 14.6. The van der Waals surface area contributed by atoms with Crippen molar-refractivity contribution < 1.29 is 41.6 Å². The molecule has 8 aliphatic carbocycles. The second kappa shape index (κ2) is 22.6. The molecule has 8 saturated carbocycles. The summed E-state index contributed by atoms with van der Waals surface area (Å²) in [5.41, 5.74) is 0.116. The minimum Gasteiger partial charge on any atom is -0.748 e. The summed E-state index contributed by atoms with van der Waals surface area (Å²) < 4.78 is 47.6. The van der Waals surface area contributed by atoms with Gasteiger partial charge in [0.1, 0.15) is 12.2 Å².